The summed E-state index contributed by atoms with van der Waals surface area (Å²) < 4.78 is 10.2. The monoisotopic (exact) mass is 396 g/mol. The predicted octanol–water partition coefficient (Wildman–Crippen LogP) is 2.15. The fraction of sp³-hybridized carbons (Fsp3) is 0.333. The third-order valence-corrected chi connectivity index (χ3v) is 5.15. The van der Waals surface area contributed by atoms with Crippen LogP contribution in [-0.4, -0.2) is 41.2 Å². The van der Waals surface area contributed by atoms with Gasteiger partial charge in [0.1, 0.15) is 5.76 Å². The van der Waals surface area contributed by atoms with Gasteiger partial charge in [0.25, 0.3) is 17.7 Å². The second kappa shape index (κ2) is 7.54. The van der Waals surface area contributed by atoms with Gasteiger partial charge in [-0.25, -0.2) is 4.79 Å². The van der Waals surface area contributed by atoms with Gasteiger partial charge < -0.3 is 14.5 Å². The van der Waals surface area contributed by atoms with E-state index in [-0.39, 0.29) is 35.2 Å². The molecule has 2 aromatic rings. The quantitative estimate of drug-likeness (QED) is 0.568. The molecule has 29 heavy (non-hydrogen) atoms. The average molecular weight is 396 g/mol. The number of furan rings is 1. The van der Waals surface area contributed by atoms with Gasteiger partial charge in [0, 0.05) is 6.04 Å². The number of ether oxygens (including phenoxy) is 1. The molecule has 1 atom stereocenters. The number of esters is 1. The van der Waals surface area contributed by atoms with Crippen LogP contribution in [0, 0.1) is 5.92 Å². The molecule has 1 N–H and O–H groups in total. The van der Waals surface area contributed by atoms with E-state index in [1.807, 2.05) is 6.92 Å². The summed E-state index contributed by atoms with van der Waals surface area (Å²) in [5.74, 6) is -1.08. The molecule has 1 saturated carbocycles. The summed E-state index contributed by atoms with van der Waals surface area (Å²) in [5, 5.41) is 2.80. The highest BCUT2D eigenvalue weighted by molar-refractivity contribution is 6.21. The van der Waals surface area contributed by atoms with E-state index < -0.39 is 24.4 Å². The van der Waals surface area contributed by atoms with Gasteiger partial charge in [-0.1, -0.05) is 0 Å². The van der Waals surface area contributed by atoms with E-state index in [4.69, 9.17) is 9.15 Å². The number of carbonyl (C=O) groups excluding carboxylic acids is 4. The van der Waals surface area contributed by atoms with Crippen LogP contribution in [0.1, 0.15) is 56.6 Å². The Morgan fingerprint density at radius 3 is 2.66 bits per heavy atom. The van der Waals surface area contributed by atoms with E-state index in [0.717, 1.165) is 17.7 Å². The number of imide groups is 1. The first-order valence-corrected chi connectivity index (χ1v) is 9.43. The minimum Gasteiger partial charge on any atom is -0.467 e. The van der Waals surface area contributed by atoms with Gasteiger partial charge in [-0.2, -0.15) is 0 Å². The lowest BCUT2D eigenvalue weighted by Gasteiger charge is -2.12. The molecule has 1 aromatic carbocycles. The summed E-state index contributed by atoms with van der Waals surface area (Å²) in [5.41, 5.74) is 0.449. The lowest BCUT2D eigenvalue weighted by atomic mass is 10.1. The van der Waals surface area contributed by atoms with E-state index in [2.05, 4.69) is 5.32 Å². The Morgan fingerprint density at radius 1 is 1.21 bits per heavy atom. The predicted molar refractivity (Wildman–Crippen MR) is 100.0 cm³/mol. The van der Waals surface area contributed by atoms with E-state index in [1.54, 1.807) is 12.1 Å². The van der Waals surface area contributed by atoms with Crippen molar-refractivity contribution < 1.29 is 28.3 Å². The number of hydrogen-bond acceptors (Lipinski definition) is 6. The summed E-state index contributed by atoms with van der Waals surface area (Å²) in [7, 11) is 0. The number of rotatable bonds is 7. The Morgan fingerprint density at radius 2 is 1.97 bits per heavy atom. The first-order valence-electron chi connectivity index (χ1n) is 9.43. The summed E-state index contributed by atoms with van der Waals surface area (Å²) >= 11 is 0. The topological polar surface area (TPSA) is 106 Å². The molecular weight excluding hydrogens is 376 g/mol. The molecule has 0 bridgehead atoms. The Bertz CT molecular complexity index is 977. The minimum atomic E-state index is -0.730. The van der Waals surface area contributed by atoms with Crippen molar-refractivity contribution in [2.45, 2.75) is 32.4 Å². The fourth-order valence-corrected chi connectivity index (χ4v) is 3.34. The number of nitrogens with one attached hydrogen (secondary N) is 1. The second-order valence-electron chi connectivity index (χ2n) is 7.31. The molecule has 8 nitrogen and oxygen atoms in total. The van der Waals surface area contributed by atoms with Crippen molar-refractivity contribution >= 4 is 23.7 Å². The molecule has 0 spiro atoms. The molecule has 1 aliphatic carbocycles. The van der Waals surface area contributed by atoms with Crippen molar-refractivity contribution in [3.63, 3.8) is 0 Å². The van der Waals surface area contributed by atoms with Crippen LogP contribution in [0.25, 0.3) is 0 Å². The molecule has 1 aromatic heterocycles. The number of carbonyl (C=O) groups is 4. The van der Waals surface area contributed by atoms with Gasteiger partial charge in [-0.05, 0) is 56.0 Å². The van der Waals surface area contributed by atoms with Crippen molar-refractivity contribution in [2.75, 3.05) is 6.61 Å². The molecule has 0 radical (unpaired) electrons. The molecular formula is C21H20N2O6. The molecule has 2 heterocycles. The third-order valence-electron chi connectivity index (χ3n) is 5.15. The van der Waals surface area contributed by atoms with Gasteiger partial charge in [0.05, 0.1) is 29.5 Å². The Balaban J connectivity index is 1.40. The van der Waals surface area contributed by atoms with Crippen LogP contribution < -0.4 is 5.32 Å². The van der Waals surface area contributed by atoms with Crippen molar-refractivity contribution in [3.05, 3.63) is 59.0 Å². The SMILES string of the molecule is C[C@@H](NC(=O)COC(=O)c1ccc2c(c1)C(=O)N(Cc1ccco1)C2=O)C1CC1. The van der Waals surface area contributed by atoms with Crippen LogP contribution in [0.4, 0.5) is 0 Å². The van der Waals surface area contributed by atoms with Gasteiger partial charge in [0.15, 0.2) is 6.61 Å². The highest BCUT2D eigenvalue weighted by Crippen LogP contribution is 2.32. The van der Waals surface area contributed by atoms with Crippen molar-refractivity contribution in [2.24, 2.45) is 5.92 Å². The van der Waals surface area contributed by atoms with Gasteiger partial charge in [0.2, 0.25) is 0 Å². The molecule has 1 aliphatic heterocycles. The van der Waals surface area contributed by atoms with Crippen molar-refractivity contribution in [1.29, 1.82) is 0 Å². The van der Waals surface area contributed by atoms with E-state index in [9.17, 15) is 19.2 Å². The van der Waals surface area contributed by atoms with Crippen molar-refractivity contribution in [1.82, 2.24) is 10.2 Å². The molecule has 4 rings (SSSR count). The highest BCUT2D eigenvalue weighted by Gasteiger charge is 2.36. The lowest BCUT2D eigenvalue weighted by molar-refractivity contribution is -0.125. The Labute approximate surface area is 166 Å². The maximum atomic E-state index is 12.6. The van der Waals surface area contributed by atoms with Crippen LogP contribution in [0.2, 0.25) is 0 Å². The first-order chi connectivity index (χ1) is 13.9. The van der Waals surface area contributed by atoms with E-state index in [0.29, 0.717) is 11.7 Å². The molecule has 3 amide bonds. The number of nitrogens with zero attached hydrogens (tertiary/aromatic N) is 1. The zero-order valence-corrected chi connectivity index (χ0v) is 15.8. The Kier molecular flexibility index (Phi) is 4.92. The van der Waals surface area contributed by atoms with Crippen LogP contribution in [0.3, 0.4) is 0 Å². The standard InChI is InChI=1S/C21H20N2O6/c1-12(13-4-5-13)22-18(24)11-29-21(27)14-6-7-16-17(9-14)20(26)23(19(16)25)10-15-3-2-8-28-15/h2-3,6-9,12-13H,4-5,10-11H2,1H3,(H,22,24)/t12-/m1/s1. The van der Waals surface area contributed by atoms with E-state index >= 15 is 0 Å². The minimum absolute atomic E-state index is 0.0124. The van der Waals surface area contributed by atoms with Crippen LogP contribution >= 0.6 is 0 Å². The second-order valence-corrected chi connectivity index (χ2v) is 7.31. The number of fused-ring (bicyclic) bond motifs is 1. The number of hydrogen-bond donors (Lipinski definition) is 1. The average Bonchev–Trinajstić information content (AvgIpc) is 3.40. The fourth-order valence-electron chi connectivity index (χ4n) is 3.34. The first kappa shape index (κ1) is 18.9. The lowest BCUT2D eigenvalue weighted by Crippen LogP contribution is -2.37. The normalized spacial score (nSPS) is 16.5. The number of benzene rings is 1. The zero-order valence-electron chi connectivity index (χ0n) is 15.8. The summed E-state index contributed by atoms with van der Waals surface area (Å²) in [4.78, 5) is 50.3. The van der Waals surface area contributed by atoms with Crippen molar-refractivity contribution in [3.8, 4) is 0 Å². The highest BCUT2D eigenvalue weighted by atomic mass is 16.5. The summed E-state index contributed by atoms with van der Waals surface area (Å²) in [6, 6.07) is 7.55. The van der Waals surface area contributed by atoms with E-state index in [1.165, 1.54) is 24.5 Å². The number of amides is 3. The molecule has 2 aliphatic rings. The molecule has 0 saturated heterocycles. The molecule has 1 fully saturated rings. The maximum Gasteiger partial charge on any atom is 0.338 e. The van der Waals surface area contributed by atoms with Gasteiger partial charge in [-0.15, -0.1) is 0 Å². The van der Waals surface area contributed by atoms with Crippen LogP contribution in [0.5, 0.6) is 0 Å². The van der Waals surface area contributed by atoms with Gasteiger partial charge >= 0.3 is 5.97 Å². The zero-order chi connectivity index (χ0) is 20.5. The maximum absolute atomic E-state index is 12.6. The Hall–Kier alpha value is -3.42. The summed E-state index contributed by atoms with van der Waals surface area (Å²) in [6.45, 7) is 1.54. The molecule has 8 heteroatoms. The van der Waals surface area contributed by atoms with Gasteiger partial charge in [-0.3, -0.25) is 19.3 Å². The van der Waals surface area contributed by atoms with Crippen LogP contribution in [0.15, 0.2) is 41.0 Å². The largest absolute Gasteiger partial charge is 0.467 e. The molecule has 150 valence electrons. The molecule has 0 unspecified atom stereocenters. The summed E-state index contributed by atoms with van der Waals surface area (Å²) in [6.07, 6.45) is 3.66. The third kappa shape index (κ3) is 3.91. The smallest absolute Gasteiger partial charge is 0.338 e. The van der Waals surface area contributed by atoms with Crippen LogP contribution in [-0.2, 0) is 16.1 Å².